The van der Waals surface area contributed by atoms with Crippen molar-refractivity contribution >= 4 is 23.0 Å². The molecule has 0 bridgehead atoms. The van der Waals surface area contributed by atoms with Crippen LogP contribution in [0.4, 0.5) is 5.69 Å². The third kappa shape index (κ3) is 1.13. The molecule has 1 aliphatic rings. The molecule has 3 N–H and O–H groups in total. The van der Waals surface area contributed by atoms with Crippen LogP contribution < -0.4 is 5.32 Å². The van der Waals surface area contributed by atoms with Crippen LogP contribution in [0.5, 0.6) is 0 Å². The van der Waals surface area contributed by atoms with E-state index in [0.29, 0.717) is 11.4 Å². The number of carboxylic acid groups (broad SMARTS) is 1. The van der Waals surface area contributed by atoms with E-state index in [2.05, 4.69) is 20.7 Å². The van der Waals surface area contributed by atoms with Gasteiger partial charge in [0.05, 0.1) is 17.1 Å². The smallest absolute Gasteiger partial charge is 0.345 e. The average Bonchev–Trinajstić information content (AvgIpc) is 2.82. The highest BCUT2D eigenvalue weighted by molar-refractivity contribution is 7.18. The molecular weight excluding hydrogens is 216 g/mol. The largest absolute Gasteiger partial charge is 0.477 e. The number of H-pyrrole nitrogens is 1. The van der Waals surface area contributed by atoms with Crippen LogP contribution in [0.3, 0.4) is 0 Å². The zero-order valence-electron chi connectivity index (χ0n) is 7.44. The van der Waals surface area contributed by atoms with Gasteiger partial charge in [-0.2, -0.15) is 15.4 Å². The number of hydrogen-bond donors (Lipinski definition) is 3. The van der Waals surface area contributed by atoms with Crippen molar-refractivity contribution in [1.82, 2.24) is 15.4 Å². The first-order valence-corrected chi connectivity index (χ1v) is 5.08. The summed E-state index contributed by atoms with van der Waals surface area (Å²) in [4.78, 5) is 12.0. The Balaban J connectivity index is 2.20. The van der Waals surface area contributed by atoms with Gasteiger partial charge < -0.3 is 10.4 Å². The second-order valence-corrected chi connectivity index (χ2v) is 4.18. The van der Waals surface area contributed by atoms with E-state index in [1.54, 1.807) is 6.07 Å². The first-order valence-electron chi connectivity index (χ1n) is 4.26. The predicted octanol–water partition coefficient (Wildman–Crippen LogP) is 1.16. The third-order valence-corrected chi connectivity index (χ3v) is 3.35. The summed E-state index contributed by atoms with van der Waals surface area (Å²) in [5, 5.41) is 22.5. The Bertz CT molecular complexity index is 545. The summed E-state index contributed by atoms with van der Waals surface area (Å²) >= 11 is 1.21. The number of aromatic nitrogens is 3. The van der Waals surface area contributed by atoms with Crippen molar-refractivity contribution in [2.24, 2.45) is 0 Å². The number of carbonyl (C=O) groups is 1. The number of nitrogens with zero attached hydrogens (tertiary/aromatic N) is 2. The highest BCUT2D eigenvalue weighted by atomic mass is 32.1. The number of thiophene rings is 1. The highest BCUT2D eigenvalue weighted by Gasteiger charge is 2.23. The van der Waals surface area contributed by atoms with E-state index in [1.165, 1.54) is 11.3 Å². The molecule has 0 saturated carbocycles. The van der Waals surface area contributed by atoms with E-state index in [1.807, 2.05) is 0 Å². The van der Waals surface area contributed by atoms with Crippen molar-refractivity contribution in [3.05, 3.63) is 16.6 Å². The van der Waals surface area contributed by atoms with Crippen molar-refractivity contribution in [2.75, 3.05) is 5.32 Å². The molecule has 0 atom stereocenters. The number of aromatic carboxylic acids is 1. The van der Waals surface area contributed by atoms with Crippen LogP contribution >= 0.6 is 11.3 Å². The molecule has 3 heterocycles. The summed E-state index contributed by atoms with van der Waals surface area (Å²) in [6, 6.07) is 1.62. The molecule has 0 unspecified atom stereocenters. The molecule has 76 valence electrons. The molecule has 0 spiro atoms. The number of fused-ring (bicyclic) bond motifs is 3. The molecule has 0 aromatic carbocycles. The van der Waals surface area contributed by atoms with Gasteiger partial charge in [0, 0.05) is 0 Å². The fourth-order valence-corrected chi connectivity index (χ4v) is 2.53. The number of hydrogen-bond acceptors (Lipinski definition) is 5. The predicted molar refractivity (Wildman–Crippen MR) is 54.0 cm³/mol. The van der Waals surface area contributed by atoms with Gasteiger partial charge in [0.1, 0.15) is 16.3 Å². The standard InChI is InChI=1S/C8H6N4O2S/c13-8(14)5-1-3-7(15-5)6-4(2-9-3)10-12-11-6/h1,9H,2H2,(H,13,14)(H,10,11,12). The zero-order chi connectivity index (χ0) is 10.4. The van der Waals surface area contributed by atoms with Crippen LogP contribution in [0.2, 0.25) is 0 Å². The van der Waals surface area contributed by atoms with Gasteiger partial charge in [0.15, 0.2) is 0 Å². The van der Waals surface area contributed by atoms with Crippen LogP contribution in [0, 0.1) is 0 Å². The van der Waals surface area contributed by atoms with Gasteiger partial charge in [0.25, 0.3) is 0 Å². The summed E-state index contributed by atoms with van der Waals surface area (Å²) in [7, 11) is 0. The minimum absolute atomic E-state index is 0.309. The molecule has 6 nitrogen and oxygen atoms in total. The maximum atomic E-state index is 10.8. The van der Waals surface area contributed by atoms with Crippen LogP contribution in [0.25, 0.3) is 10.6 Å². The Kier molecular flexibility index (Phi) is 1.57. The monoisotopic (exact) mass is 222 g/mol. The first kappa shape index (κ1) is 8.42. The summed E-state index contributed by atoms with van der Waals surface area (Å²) < 4.78 is 0. The van der Waals surface area contributed by atoms with Gasteiger partial charge in [-0.15, -0.1) is 11.3 Å². The molecule has 1 aliphatic heterocycles. The molecule has 3 rings (SSSR count). The Morgan fingerprint density at radius 2 is 2.40 bits per heavy atom. The van der Waals surface area contributed by atoms with Gasteiger partial charge in [-0.1, -0.05) is 0 Å². The van der Waals surface area contributed by atoms with Crippen LogP contribution in [0.15, 0.2) is 6.07 Å². The molecule has 0 amide bonds. The molecule has 0 radical (unpaired) electrons. The topological polar surface area (TPSA) is 90.9 Å². The first-order chi connectivity index (χ1) is 7.25. The fourth-order valence-electron chi connectivity index (χ4n) is 1.54. The van der Waals surface area contributed by atoms with Crippen LogP contribution in [-0.4, -0.2) is 26.5 Å². The lowest BCUT2D eigenvalue weighted by molar-refractivity contribution is 0.0702. The Morgan fingerprint density at radius 3 is 3.20 bits per heavy atom. The second kappa shape index (κ2) is 2.80. The average molecular weight is 222 g/mol. The summed E-state index contributed by atoms with van der Waals surface area (Å²) in [5.41, 5.74) is 2.39. The summed E-state index contributed by atoms with van der Waals surface area (Å²) in [6.07, 6.45) is 0. The van der Waals surface area contributed by atoms with E-state index >= 15 is 0 Å². The fraction of sp³-hybridized carbons (Fsp3) is 0.125. The second-order valence-electron chi connectivity index (χ2n) is 3.13. The lowest BCUT2D eigenvalue weighted by atomic mass is 10.2. The van der Waals surface area contributed by atoms with Gasteiger partial charge in [-0.05, 0) is 6.07 Å². The van der Waals surface area contributed by atoms with Gasteiger partial charge in [0.2, 0.25) is 0 Å². The molecule has 0 fully saturated rings. The minimum atomic E-state index is -0.916. The van der Waals surface area contributed by atoms with Crippen LogP contribution in [-0.2, 0) is 6.54 Å². The lowest BCUT2D eigenvalue weighted by Gasteiger charge is -2.10. The van der Waals surface area contributed by atoms with Crippen LogP contribution in [0.1, 0.15) is 15.4 Å². The van der Waals surface area contributed by atoms with E-state index in [-0.39, 0.29) is 0 Å². The summed E-state index contributed by atoms with van der Waals surface area (Å²) in [5.74, 6) is -0.916. The normalized spacial score (nSPS) is 12.8. The van der Waals surface area contributed by atoms with Crippen molar-refractivity contribution in [3.8, 4) is 10.6 Å². The van der Waals surface area contributed by atoms with E-state index in [9.17, 15) is 4.79 Å². The highest BCUT2D eigenvalue weighted by Crippen LogP contribution is 2.39. The summed E-state index contributed by atoms with van der Waals surface area (Å²) in [6.45, 7) is 0.578. The lowest BCUT2D eigenvalue weighted by Crippen LogP contribution is -2.05. The molecular formula is C8H6N4O2S. The number of rotatable bonds is 1. The quantitative estimate of drug-likeness (QED) is 0.673. The molecule has 7 heteroatoms. The van der Waals surface area contributed by atoms with Gasteiger partial charge in [-0.3, -0.25) is 0 Å². The van der Waals surface area contributed by atoms with E-state index in [0.717, 1.165) is 22.0 Å². The van der Waals surface area contributed by atoms with Gasteiger partial charge in [-0.25, -0.2) is 4.79 Å². The Hall–Kier alpha value is -1.89. The van der Waals surface area contributed by atoms with Gasteiger partial charge >= 0.3 is 5.97 Å². The number of anilines is 1. The minimum Gasteiger partial charge on any atom is -0.477 e. The Labute approximate surface area is 87.9 Å². The zero-order valence-corrected chi connectivity index (χ0v) is 8.26. The molecule has 0 saturated heterocycles. The van der Waals surface area contributed by atoms with Crippen molar-refractivity contribution in [2.45, 2.75) is 6.54 Å². The van der Waals surface area contributed by atoms with E-state index < -0.39 is 5.97 Å². The number of nitrogens with one attached hydrogen (secondary N) is 2. The third-order valence-electron chi connectivity index (χ3n) is 2.22. The van der Waals surface area contributed by atoms with Crippen molar-refractivity contribution < 1.29 is 9.90 Å². The molecule has 15 heavy (non-hydrogen) atoms. The van der Waals surface area contributed by atoms with E-state index in [4.69, 9.17) is 5.11 Å². The molecule has 2 aromatic rings. The molecule has 0 aliphatic carbocycles. The van der Waals surface area contributed by atoms with Crippen molar-refractivity contribution in [1.29, 1.82) is 0 Å². The number of carboxylic acids is 1. The van der Waals surface area contributed by atoms with Crippen molar-refractivity contribution in [3.63, 3.8) is 0 Å². The SMILES string of the molecule is O=C(O)c1cc2c(s1)-c1n[nH]nc1CN2. The molecule has 2 aromatic heterocycles. The number of aromatic amines is 1. The maximum Gasteiger partial charge on any atom is 0.345 e. The maximum absolute atomic E-state index is 10.8. The Morgan fingerprint density at radius 1 is 1.53 bits per heavy atom.